The molecule has 0 nitrogen and oxygen atoms in total. The molecule has 0 saturated carbocycles. The van der Waals surface area contributed by atoms with E-state index in [1.54, 1.807) is 0 Å². The topological polar surface area (TPSA) is 0 Å². The molecule has 0 unspecified atom stereocenters. The smallest absolute Gasteiger partial charge is 0.0229 e. The number of hydrogen-bond acceptors (Lipinski definition) is 0. The number of hydrogen-bond donors (Lipinski definition) is 0. The van der Waals surface area contributed by atoms with Crippen LogP contribution in [0.2, 0.25) is 0 Å². The highest BCUT2D eigenvalue weighted by molar-refractivity contribution is 9.11. The molecule has 0 aromatic carbocycles. The first-order valence-corrected chi connectivity index (χ1v) is 6.08. The van der Waals surface area contributed by atoms with Gasteiger partial charge in [0.25, 0.3) is 0 Å². The molecule has 0 rings (SSSR count). The van der Waals surface area contributed by atoms with E-state index in [2.05, 4.69) is 28.9 Å². The zero-order chi connectivity index (χ0) is 9.07. The maximum Gasteiger partial charge on any atom is -0.0229 e. The number of halogens is 1. The van der Waals surface area contributed by atoms with Crippen molar-refractivity contribution in [2.75, 3.05) is 0 Å². The molecule has 0 radical (unpaired) electrons. The third-order valence-electron chi connectivity index (χ3n) is 2.06. The van der Waals surface area contributed by atoms with E-state index < -0.39 is 0 Å². The van der Waals surface area contributed by atoms with E-state index in [-0.39, 0.29) is 0 Å². The molecule has 0 aliphatic carbocycles. The zero-order valence-corrected chi connectivity index (χ0v) is 9.78. The molecule has 0 aromatic heterocycles. The Hall–Kier alpha value is 0.220. The lowest BCUT2D eigenvalue weighted by molar-refractivity contribution is 0.592. The summed E-state index contributed by atoms with van der Waals surface area (Å²) in [6, 6.07) is 0. The van der Waals surface area contributed by atoms with Gasteiger partial charge in [0.15, 0.2) is 0 Å². The molecule has 0 aromatic rings. The van der Waals surface area contributed by atoms with E-state index in [0.717, 1.165) is 0 Å². The largest absolute Gasteiger partial charge is 0.0776 e. The minimum atomic E-state index is 1.24. The maximum atomic E-state index is 3.27. The average molecular weight is 233 g/mol. The Morgan fingerprint density at radius 1 is 0.917 bits per heavy atom. The van der Waals surface area contributed by atoms with Crippen LogP contribution in [0.25, 0.3) is 0 Å². The first-order chi connectivity index (χ1) is 5.91. The minimum absolute atomic E-state index is 1.24. The summed E-state index contributed by atoms with van der Waals surface area (Å²) in [5.41, 5.74) is 0. The Morgan fingerprint density at radius 2 is 1.50 bits per heavy atom. The molecule has 72 valence electrons. The first kappa shape index (κ1) is 12.2. The molecule has 0 saturated heterocycles. The molecular weight excluding hydrogens is 212 g/mol. The van der Waals surface area contributed by atoms with Crippen molar-refractivity contribution in [2.45, 2.75) is 58.3 Å². The van der Waals surface area contributed by atoms with Crippen LogP contribution in [-0.4, -0.2) is 0 Å². The Morgan fingerprint density at radius 3 is 2.08 bits per heavy atom. The van der Waals surface area contributed by atoms with Crippen molar-refractivity contribution in [3.63, 3.8) is 0 Å². The molecule has 0 spiro atoms. The minimum Gasteiger partial charge on any atom is -0.0776 e. The van der Waals surface area contributed by atoms with Crippen LogP contribution in [0, 0.1) is 0 Å². The summed E-state index contributed by atoms with van der Waals surface area (Å²) < 4.78 is 0. The van der Waals surface area contributed by atoms with Crippen molar-refractivity contribution in [3.05, 3.63) is 11.1 Å². The van der Waals surface area contributed by atoms with E-state index in [4.69, 9.17) is 0 Å². The van der Waals surface area contributed by atoms with Crippen LogP contribution in [0.4, 0.5) is 0 Å². The number of allylic oxidation sites excluding steroid dienone is 1. The fraction of sp³-hybridized carbons (Fsp3) is 0.818. The van der Waals surface area contributed by atoms with Gasteiger partial charge in [-0.3, -0.25) is 0 Å². The lowest BCUT2D eigenvalue weighted by Gasteiger charge is -1.98. The highest BCUT2D eigenvalue weighted by atomic mass is 79.9. The lowest BCUT2D eigenvalue weighted by Crippen LogP contribution is -1.78. The molecule has 0 fully saturated rings. The van der Waals surface area contributed by atoms with E-state index in [0.29, 0.717) is 0 Å². The van der Waals surface area contributed by atoms with Crippen LogP contribution < -0.4 is 0 Å². The van der Waals surface area contributed by atoms with Crippen LogP contribution >= 0.6 is 15.9 Å². The van der Waals surface area contributed by atoms with E-state index in [1.807, 2.05) is 4.99 Å². The summed E-state index contributed by atoms with van der Waals surface area (Å²) in [5, 5.41) is 0. The zero-order valence-electron chi connectivity index (χ0n) is 8.19. The maximum absolute atomic E-state index is 3.27. The second-order valence-corrected chi connectivity index (χ2v) is 3.80. The third kappa shape index (κ3) is 10.2. The number of rotatable bonds is 8. The molecule has 0 aliphatic heterocycles. The van der Waals surface area contributed by atoms with Crippen molar-refractivity contribution in [2.24, 2.45) is 0 Å². The summed E-state index contributed by atoms with van der Waals surface area (Å²) >= 11 is 3.27. The molecule has 0 N–H and O–H groups in total. The Kier molecular flexibility index (Phi) is 11.4. The SMILES string of the molecule is CCCCCCCCC/C=C\Br. The Labute approximate surface area is 85.6 Å². The first-order valence-electron chi connectivity index (χ1n) is 5.17. The van der Waals surface area contributed by atoms with Gasteiger partial charge in [-0.1, -0.05) is 67.5 Å². The van der Waals surface area contributed by atoms with Crippen molar-refractivity contribution in [1.29, 1.82) is 0 Å². The molecule has 0 heterocycles. The molecule has 0 aliphatic rings. The molecule has 0 amide bonds. The second kappa shape index (κ2) is 11.2. The van der Waals surface area contributed by atoms with Crippen LogP contribution in [0.5, 0.6) is 0 Å². The summed E-state index contributed by atoms with van der Waals surface area (Å²) in [5.74, 6) is 0. The highest BCUT2D eigenvalue weighted by Crippen LogP contribution is 2.08. The van der Waals surface area contributed by atoms with Crippen molar-refractivity contribution >= 4 is 15.9 Å². The second-order valence-electron chi connectivity index (χ2n) is 3.27. The molecular formula is C11H21Br. The summed E-state index contributed by atoms with van der Waals surface area (Å²) in [4.78, 5) is 1.96. The van der Waals surface area contributed by atoms with Gasteiger partial charge in [0, 0.05) is 0 Å². The Bertz CT molecular complexity index is 97.2. The average Bonchev–Trinajstić information content (AvgIpc) is 2.10. The standard InChI is InChI=1S/C11H21Br/c1-2-3-4-5-6-7-8-9-10-11-12/h10-11H,2-9H2,1H3/b11-10-. The van der Waals surface area contributed by atoms with Crippen LogP contribution in [0.1, 0.15) is 58.3 Å². The predicted octanol–water partition coefficient (Wildman–Crippen LogP) is 5.04. The normalized spacial score (nSPS) is 11.2. The summed E-state index contributed by atoms with van der Waals surface area (Å²) in [7, 11) is 0. The highest BCUT2D eigenvalue weighted by Gasteiger charge is 1.88. The van der Waals surface area contributed by atoms with Gasteiger partial charge in [-0.2, -0.15) is 0 Å². The van der Waals surface area contributed by atoms with Crippen molar-refractivity contribution in [1.82, 2.24) is 0 Å². The quantitative estimate of drug-likeness (QED) is 0.515. The van der Waals surface area contributed by atoms with Crippen molar-refractivity contribution in [3.8, 4) is 0 Å². The molecule has 1 heteroatoms. The summed E-state index contributed by atoms with van der Waals surface area (Å²) in [6.45, 7) is 2.26. The van der Waals surface area contributed by atoms with Gasteiger partial charge in [-0.15, -0.1) is 0 Å². The van der Waals surface area contributed by atoms with Gasteiger partial charge >= 0.3 is 0 Å². The molecule has 0 atom stereocenters. The van der Waals surface area contributed by atoms with Gasteiger partial charge < -0.3 is 0 Å². The van der Waals surface area contributed by atoms with Gasteiger partial charge in [-0.05, 0) is 17.8 Å². The predicted molar refractivity (Wildman–Crippen MR) is 60.7 cm³/mol. The van der Waals surface area contributed by atoms with Gasteiger partial charge in [0.2, 0.25) is 0 Å². The Balaban J connectivity index is 2.81. The lowest BCUT2D eigenvalue weighted by atomic mass is 10.1. The molecule has 12 heavy (non-hydrogen) atoms. The van der Waals surface area contributed by atoms with Crippen molar-refractivity contribution < 1.29 is 0 Å². The van der Waals surface area contributed by atoms with E-state index in [1.165, 1.54) is 51.4 Å². The van der Waals surface area contributed by atoms with Gasteiger partial charge in [0.1, 0.15) is 0 Å². The van der Waals surface area contributed by atoms with Gasteiger partial charge in [0.05, 0.1) is 0 Å². The van der Waals surface area contributed by atoms with Crippen LogP contribution in [-0.2, 0) is 0 Å². The van der Waals surface area contributed by atoms with E-state index >= 15 is 0 Å². The third-order valence-corrected chi connectivity index (χ3v) is 2.44. The van der Waals surface area contributed by atoms with Crippen LogP contribution in [0.15, 0.2) is 11.1 Å². The fourth-order valence-corrected chi connectivity index (χ4v) is 1.55. The van der Waals surface area contributed by atoms with E-state index in [9.17, 15) is 0 Å². The molecule has 0 bridgehead atoms. The monoisotopic (exact) mass is 232 g/mol. The summed E-state index contributed by atoms with van der Waals surface area (Å²) in [6.07, 6.45) is 13.3. The number of unbranched alkanes of at least 4 members (excludes halogenated alkanes) is 7. The van der Waals surface area contributed by atoms with Gasteiger partial charge in [-0.25, -0.2) is 0 Å². The van der Waals surface area contributed by atoms with Crippen LogP contribution in [0.3, 0.4) is 0 Å². The fourth-order valence-electron chi connectivity index (χ4n) is 1.28.